The highest BCUT2D eigenvalue weighted by Gasteiger charge is 1.94. The fraction of sp³-hybridized carbons (Fsp3) is 0.600. The zero-order valence-electron chi connectivity index (χ0n) is 5.52. The van der Waals surface area contributed by atoms with Crippen LogP contribution in [-0.2, 0) is 0 Å². The van der Waals surface area contributed by atoms with Crippen LogP contribution in [0.25, 0.3) is 0 Å². The Balaban J connectivity index is 0.000000187. The quantitative estimate of drug-likeness (QED) is 0.387. The highest BCUT2D eigenvalue weighted by molar-refractivity contribution is 5.79. The van der Waals surface area contributed by atoms with E-state index in [1.165, 1.54) is 6.21 Å². The van der Waals surface area contributed by atoms with Gasteiger partial charge in [-0.3, -0.25) is 4.99 Å². The largest absolute Gasteiger partial charge is 0.370 e. The van der Waals surface area contributed by atoms with E-state index < -0.39 is 0 Å². The summed E-state index contributed by atoms with van der Waals surface area (Å²) in [6.07, 6.45) is 1.25. The SMILES string of the molecule is CC=N.NC1=NCCN1. The van der Waals surface area contributed by atoms with Gasteiger partial charge in [-0.1, -0.05) is 0 Å². The van der Waals surface area contributed by atoms with Gasteiger partial charge in [-0.15, -0.1) is 0 Å². The van der Waals surface area contributed by atoms with Crippen molar-refractivity contribution in [3.8, 4) is 0 Å². The average Bonchev–Trinajstić information content (AvgIpc) is 2.20. The second kappa shape index (κ2) is 5.08. The van der Waals surface area contributed by atoms with E-state index in [4.69, 9.17) is 11.1 Å². The smallest absolute Gasteiger partial charge is 0.188 e. The van der Waals surface area contributed by atoms with Crippen LogP contribution in [0.3, 0.4) is 0 Å². The van der Waals surface area contributed by atoms with Crippen LogP contribution in [-0.4, -0.2) is 25.3 Å². The molecule has 0 atom stereocenters. The van der Waals surface area contributed by atoms with Crippen LogP contribution in [0.2, 0.25) is 0 Å². The summed E-state index contributed by atoms with van der Waals surface area (Å²) in [5.41, 5.74) is 5.17. The maximum atomic E-state index is 6.08. The Morgan fingerprint density at radius 3 is 2.56 bits per heavy atom. The van der Waals surface area contributed by atoms with E-state index >= 15 is 0 Å². The van der Waals surface area contributed by atoms with Gasteiger partial charge in [0.2, 0.25) is 0 Å². The molecule has 0 aliphatic carbocycles. The molecule has 1 heterocycles. The lowest BCUT2D eigenvalue weighted by Gasteiger charge is -1.85. The Kier molecular flexibility index (Phi) is 4.49. The fourth-order valence-electron chi connectivity index (χ4n) is 0.416. The minimum atomic E-state index is 0.579. The molecule has 0 radical (unpaired) electrons. The van der Waals surface area contributed by atoms with Crippen molar-refractivity contribution in [1.29, 1.82) is 5.41 Å². The molecule has 4 nitrogen and oxygen atoms in total. The normalized spacial score (nSPS) is 14.6. The molecule has 1 aliphatic rings. The van der Waals surface area contributed by atoms with Crippen LogP contribution >= 0.6 is 0 Å². The summed E-state index contributed by atoms with van der Waals surface area (Å²) in [5, 5.41) is 8.93. The van der Waals surface area contributed by atoms with Crippen molar-refractivity contribution in [3.63, 3.8) is 0 Å². The lowest BCUT2D eigenvalue weighted by atomic mass is 10.7. The number of guanidine groups is 1. The molecule has 0 unspecified atom stereocenters. The molecule has 0 aromatic heterocycles. The molecule has 1 rings (SSSR count). The van der Waals surface area contributed by atoms with E-state index in [1.807, 2.05) is 0 Å². The first kappa shape index (κ1) is 7.94. The molecule has 0 aromatic carbocycles. The van der Waals surface area contributed by atoms with Crippen molar-refractivity contribution >= 4 is 12.2 Å². The summed E-state index contributed by atoms with van der Waals surface area (Å²) in [6, 6.07) is 0. The van der Waals surface area contributed by atoms with Crippen LogP contribution < -0.4 is 11.1 Å². The van der Waals surface area contributed by atoms with Crippen molar-refractivity contribution in [1.82, 2.24) is 5.32 Å². The van der Waals surface area contributed by atoms with E-state index in [2.05, 4.69) is 10.3 Å². The second-order valence-corrected chi connectivity index (χ2v) is 1.48. The lowest BCUT2D eigenvalue weighted by molar-refractivity contribution is 0.957. The van der Waals surface area contributed by atoms with Crippen LogP contribution in [0.4, 0.5) is 0 Å². The molecule has 0 saturated carbocycles. The first-order valence-electron chi connectivity index (χ1n) is 2.80. The van der Waals surface area contributed by atoms with Crippen molar-refractivity contribution in [3.05, 3.63) is 0 Å². The summed E-state index contributed by atoms with van der Waals surface area (Å²) < 4.78 is 0. The van der Waals surface area contributed by atoms with Gasteiger partial charge in [0.15, 0.2) is 5.96 Å². The monoisotopic (exact) mass is 128 g/mol. The second-order valence-electron chi connectivity index (χ2n) is 1.48. The Morgan fingerprint density at radius 1 is 1.89 bits per heavy atom. The maximum absolute atomic E-state index is 6.08. The minimum Gasteiger partial charge on any atom is -0.370 e. The van der Waals surface area contributed by atoms with Gasteiger partial charge < -0.3 is 16.5 Å². The number of rotatable bonds is 0. The molecular weight excluding hydrogens is 116 g/mol. The van der Waals surface area contributed by atoms with Gasteiger partial charge in [0.1, 0.15) is 0 Å². The first-order valence-corrected chi connectivity index (χ1v) is 2.80. The summed E-state index contributed by atoms with van der Waals surface area (Å²) >= 11 is 0. The van der Waals surface area contributed by atoms with Gasteiger partial charge in [-0.2, -0.15) is 0 Å². The molecular formula is C5H12N4. The Bertz CT molecular complexity index is 108. The first-order chi connectivity index (χ1) is 4.31. The van der Waals surface area contributed by atoms with Gasteiger partial charge in [-0.05, 0) is 13.1 Å². The zero-order valence-corrected chi connectivity index (χ0v) is 5.52. The molecule has 4 N–H and O–H groups in total. The summed E-state index contributed by atoms with van der Waals surface area (Å²) in [6.45, 7) is 3.41. The zero-order chi connectivity index (χ0) is 7.11. The third-order valence-corrected chi connectivity index (χ3v) is 0.700. The van der Waals surface area contributed by atoms with Crippen molar-refractivity contribution < 1.29 is 0 Å². The van der Waals surface area contributed by atoms with Crippen LogP contribution in [0.15, 0.2) is 4.99 Å². The van der Waals surface area contributed by atoms with Gasteiger partial charge in [0.25, 0.3) is 0 Å². The fourth-order valence-corrected chi connectivity index (χ4v) is 0.416. The minimum absolute atomic E-state index is 0.579. The van der Waals surface area contributed by atoms with Gasteiger partial charge in [0.05, 0.1) is 6.54 Å². The van der Waals surface area contributed by atoms with Gasteiger partial charge in [0, 0.05) is 6.54 Å². The van der Waals surface area contributed by atoms with E-state index in [9.17, 15) is 0 Å². The molecule has 0 aromatic rings. The number of nitrogens with two attached hydrogens (primary N) is 1. The van der Waals surface area contributed by atoms with Crippen LogP contribution in [0.1, 0.15) is 6.92 Å². The van der Waals surface area contributed by atoms with Gasteiger partial charge in [-0.25, -0.2) is 0 Å². The van der Waals surface area contributed by atoms with Crippen LogP contribution in [0, 0.1) is 5.41 Å². The van der Waals surface area contributed by atoms with Gasteiger partial charge >= 0.3 is 0 Å². The Labute approximate surface area is 54.7 Å². The predicted molar refractivity (Wildman–Crippen MR) is 38.9 cm³/mol. The predicted octanol–water partition coefficient (Wildman–Crippen LogP) is -0.440. The molecule has 9 heavy (non-hydrogen) atoms. The van der Waals surface area contributed by atoms with E-state index in [0.29, 0.717) is 5.96 Å². The molecule has 0 saturated heterocycles. The molecule has 52 valence electrons. The van der Waals surface area contributed by atoms with E-state index in [1.54, 1.807) is 6.92 Å². The topological polar surface area (TPSA) is 74.3 Å². The molecule has 1 aliphatic heterocycles. The Morgan fingerprint density at radius 2 is 2.44 bits per heavy atom. The van der Waals surface area contributed by atoms with Crippen molar-refractivity contribution in [2.75, 3.05) is 13.1 Å². The van der Waals surface area contributed by atoms with E-state index in [-0.39, 0.29) is 0 Å². The molecule has 0 spiro atoms. The standard InChI is InChI=1S/C3H7N3.C2H5N/c4-3-5-1-2-6-3;1-2-3/h1-2H2,(H3,4,5,6);2-3H,1H3. The number of nitrogens with zero attached hydrogens (tertiary/aromatic N) is 1. The summed E-state index contributed by atoms with van der Waals surface area (Å²) in [4.78, 5) is 3.82. The molecule has 0 bridgehead atoms. The highest BCUT2D eigenvalue weighted by Crippen LogP contribution is 1.74. The molecule has 0 fully saturated rings. The number of hydrogen-bond acceptors (Lipinski definition) is 4. The Hall–Kier alpha value is -1.06. The van der Waals surface area contributed by atoms with E-state index in [0.717, 1.165) is 13.1 Å². The summed E-state index contributed by atoms with van der Waals surface area (Å²) in [5.74, 6) is 0.579. The number of nitrogens with one attached hydrogen (secondary N) is 2. The third-order valence-electron chi connectivity index (χ3n) is 0.700. The lowest BCUT2D eigenvalue weighted by Crippen LogP contribution is -2.26. The summed E-state index contributed by atoms with van der Waals surface area (Å²) in [7, 11) is 0. The number of aliphatic imine (C=N–C) groups is 1. The molecule has 4 heteroatoms. The average molecular weight is 128 g/mol. The maximum Gasteiger partial charge on any atom is 0.188 e. The third kappa shape index (κ3) is 4.80. The van der Waals surface area contributed by atoms with Crippen molar-refractivity contribution in [2.24, 2.45) is 10.7 Å². The highest BCUT2D eigenvalue weighted by atomic mass is 15.1. The molecule has 0 amide bonds. The van der Waals surface area contributed by atoms with Crippen molar-refractivity contribution in [2.45, 2.75) is 6.92 Å². The van der Waals surface area contributed by atoms with Crippen LogP contribution in [0.5, 0.6) is 0 Å². The number of hydrogen-bond donors (Lipinski definition) is 3.